The SMILES string of the molecule is O=C(NCCc1[nH]cnc1-c1cccs1)c1ccccc1I. The number of amides is 1. The molecule has 0 radical (unpaired) electrons. The molecule has 0 unspecified atom stereocenters. The zero-order valence-corrected chi connectivity index (χ0v) is 14.6. The van der Waals surface area contributed by atoms with Gasteiger partial charge in [0.15, 0.2) is 0 Å². The molecule has 0 spiro atoms. The number of rotatable bonds is 5. The van der Waals surface area contributed by atoms with E-state index in [0.29, 0.717) is 12.1 Å². The molecule has 112 valence electrons. The molecule has 6 heteroatoms. The van der Waals surface area contributed by atoms with Crippen molar-refractivity contribution in [3.8, 4) is 10.6 Å². The molecule has 1 aromatic carbocycles. The summed E-state index contributed by atoms with van der Waals surface area (Å²) in [6.07, 6.45) is 2.43. The summed E-state index contributed by atoms with van der Waals surface area (Å²) < 4.78 is 0.957. The van der Waals surface area contributed by atoms with Gasteiger partial charge in [0.1, 0.15) is 5.69 Å². The van der Waals surface area contributed by atoms with Crippen molar-refractivity contribution in [1.82, 2.24) is 15.3 Å². The normalized spacial score (nSPS) is 10.6. The molecular weight excluding hydrogens is 409 g/mol. The minimum atomic E-state index is -0.0396. The summed E-state index contributed by atoms with van der Waals surface area (Å²) in [7, 11) is 0. The molecule has 0 aliphatic heterocycles. The van der Waals surface area contributed by atoms with Crippen LogP contribution in [-0.4, -0.2) is 22.4 Å². The monoisotopic (exact) mass is 423 g/mol. The van der Waals surface area contributed by atoms with E-state index in [0.717, 1.165) is 26.3 Å². The average molecular weight is 423 g/mol. The number of carbonyl (C=O) groups excluding carboxylic acids is 1. The Bertz CT molecular complexity index is 767. The van der Waals surface area contributed by atoms with Crippen LogP contribution in [0.1, 0.15) is 16.1 Å². The van der Waals surface area contributed by atoms with Crippen LogP contribution in [0.25, 0.3) is 10.6 Å². The number of H-pyrrole nitrogens is 1. The summed E-state index contributed by atoms with van der Waals surface area (Å²) in [6, 6.07) is 11.6. The largest absolute Gasteiger partial charge is 0.352 e. The number of thiophene rings is 1. The number of nitrogens with one attached hydrogen (secondary N) is 2. The van der Waals surface area contributed by atoms with Gasteiger partial charge >= 0.3 is 0 Å². The van der Waals surface area contributed by atoms with Crippen LogP contribution in [0, 0.1) is 3.57 Å². The maximum Gasteiger partial charge on any atom is 0.252 e. The molecular formula is C16H14IN3OS. The van der Waals surface area contributed by atoms with Crippen LogP contribution < -0.4 is 5.32 Å². The van der Waals surface area contributed by atoms with E-state index in [2.05, 4.69) is 43.9 Å². The molecule has 22 heavy (non-hydrogen) atoms. The van der Waals surface area contributed by atoms with Crippen LogP contribution in [0.3, 0.4) is 0 Å². The Morgan fingerprint density at radius 1 is 1.27 bits per heavy atom. The first-order chi connectivity index (χ1) is 10.8. The number of carbonyl (C=O) groups is 1. The fourth-order valence-corrected chi connectivity index (χ4v) is 3.56. The zero-order chi connectivity index (χ0) is 15.4. The van der Waals surface area contributed by atoms with Crippen molar-refractivity contribution < 1.29 is 4.79 Å². The molecule has 2 heterocycles. The predicted molar refractivity (Wildman–Crippen MR) is 97.1 cm³/mol. The number of aromatic nitrogens is 2. The van der Waals surface area contributed by atoms with Gasteiger partial charge < -0.3 is 10.3 Å². The van der Waals surface area contributed by atoms with Crippen LogP contribution >= 0.6 is 33.9 Å². The first-order valence-corrected chi connectivity index (χ1v) is 8.80. The smallest absolute Gasteiger partial charge is 0.252 e. The van der Waals surface area contributed by atoms with E-state index < -0.39 is 0 Å². The van der Waals surface area contributed by atoms with Gasteiger partial charge in [-0.05, 0) is 46.2 Å². The van der Waals surface area contributed by atoms with Crippen molar-refractivity contribution in [3.63, 3.8) is 0 Å². The molecule has 4 nitrogen and oxygen atoms in total. The Balaban J connectivity index is 1.62. The van der Waals surface area contributed by atoms with E-state index in [1.54, 1.807) is 17.7 Å². The van der Waals surface area contributed by atoms with Crippen LogP contribution in [-0.2, 0) is 6.42 Å². The van der Waals surface area contributed by atoms with Crippen LogP contribution in [0.15, 0.2) is 48.1 Å². The van der Waals surface area contributed by atoms with E-state index in [1.165, 1.54) is 0 Å². The van der Waals surface area contributed by atoms with Crippen LogP contribution in [0.2, 0.25) is 0 Å². The molecule has 0 saturated heterocycles. The van der Waals surface area contributed by atoms with Gasteiger partial charge in [0.05, 0.1) is 16.8 Å². The van der Waals surface area contributed by atoms with E-state index in [9.17, 15) is 4.79 Å². The van der Waals surface area contributed by atoms with E-state index in [1.807, 2.05) is 35.7 Å². The maximum atomic E-state index is 12.2. The van der Waals surface area contributed by atoms with Crippen molar-refractivity contribution in [2.45, 2.75) is 6.42 Å². The lowest BCUT2D eigenvalue weighted by Crippen LogP contribution is -2.26. The van der Waals surface area contributed by atoms with Gasteiger partial charge in [-0.25, -0.2) is 4.98 Å². The Morgan fingerprint density at radius 3 is 2.91 bits per heavy atom. The molecule has 2 N–H and O–H groups in total. The summed E-state index contributed by atoms with van der Waals surface area (Å²) in [4.78, 5) is 20.8. The molecule has 0 aliphatic rings. The molecule has 0 fully saturated rings. The van der Waals surface area contributed by atoms with Crippen molar-refractivity contribution in [2.75, 3.05) is 6.54 Å². The van der Waals surface area contributed by atoms with Gasteiger partial charge in [-0.2, -0.15) is 0 Å². The standard InChI is InChI=1S/C16H14IN3OS/c17-12-5-2-1-4-11(12)16(21)18-8-7-13-15(20-10-19-13)14-6-3-9-22-14/h1-6,9-10H,7-8H2,(H,18,21)(H,19,20). The Labute approximate surface area is 146 Å². The number of nitrogens with zero attached hydrogens (tertiary/aromatic N) is 1. The van der Waals surface area contributed by atoms with Crippen molar-refractivity contribution in [1.29, 1.82) is 0 Å². The number of hydrogen-bond acceptors (Lipinski definition) is 3. The molecule has 0 aliphatic carbocycles. The van der Waals surface area contributed by atoms with Crippen molar-refractivity contribution >= 4 is 39.8 Å². The summed E-state index contributed by atoms with van der Waals surface area (Å²) in [5.74, 6) is -0.0396. The molecule has 3 aromatic rings. The first kappa shape index (κ1) is 15.2. The van der Waals surface area contributed by atoms with Crippen LogP contribution in [0.5, 0.6) is 0 Å². The van der Waals surface area contributed by atoms with Gasteiger partial charge in [-0.3, -0.25) is 4.79 Å². The summed E-state index contributed by atoms with van der Waals surface area (Å²) in [6.45, 7) is 0.574. The van der Waals surface area contributed by atoms with Gasteiger partial charge in [0, 0.05) is 22.2 Å². The van der Waals surface area contributed by atoms with E-state index in [-0.39, 0.29) is 5.91 Å². The second-order valence-electron chi connectivity index (χ2n) is 4.69. The number of imidazole rings is 1. The molecule has 3 rings (SSSR count). The lowest BCUT2D eigenvalue weighted by atomic mass is 10.2. The molecule has 0 saturated carbocycles. The van der Waals surface area contributed by atoms with Gasteiger partial charge in [0.25, 0.3) is 5.91 Å². The highest BCUT2D eigenvalue weighted by Gasteiger charge is 2.11. The predicted octanol–water partition coefficient (Wildman–Crippen LogP) is 3.72. The zero-order valence-electron chi connectivity index (χ0n) is 11.7. The fourth-order valence-electron chi connectivity index (χ4n) is 2.18. The minimum Gasteiger partial charge on any atom is -0.352 e. The first-order valence-electron chi connectivity index (χ1n) is 6.84. The second kappa shape index (κ2) is 7.06. The van der Waals surface area contributed by atoms with Gasteiger partial charge in [-0.15, -0.1) is 11.3 Å². The third-order valence-electron chi connectivity index (χ3n) is 3.25. The Morgan fingerprint density at radius 2 is 2.14 bits per heavy atom. The molecule has 2 aromatic heterocycles. The van der Waals surface area contributed by atoms with Crippen molar-refractivity contribution in [2.24, 2.45) is 0 Å². The summed E-state index contributed by atoms with van der Waals surface area (Å²) in [5, 5.41) is 5.00. The minimum absolute atomic E-state index is 0.0396. The molecule has 0 bridgehead atoms. The van der Waals surface area contributed by atoms with Crippen molar-refractivity contribution in [3.05, 3.63) is 62.9 Å². The quantitative estimate of drug-likeness (QED) is 0.615. The third-order valence-corrected chi connectivity index (χ3v) is 5.07. The fraction of sp³-hybridized carbons (Fsp3) is 0.125. The number of benzene rings is 1. The number of hydrogen-bond donors (Lipinski definition) is 2. The highest BCUT2D eigenvalue weighted by molar-refractivity contribution is 14.1. The lowest BCUT2D eigenvalue weighted by Gasteiger charge is -2.07. The van der Waals surface area contributed by atoms with E-state index >= 15 is 0 Å². The van der Waals surface area contributed by atoms with Gasteiger partial charge in [-0.1, -0.05) is 18.2 Å². The number of halogens is 1. The average Bonchev–Trinajstić information content (AvgIpc) is 3.18. The highest BCUT2D eigenvalue weighted by atomic mass is 127. The highest BCUT2D eigenvalue weighted by Crippen LogP contribution is 2.25. The van der Waals surface area contributed by atoms with Crippen LogP contribution in [0.4, 0.5) is 0 Å². The maximum absolute atomic E-state index is 12.2. The topological polar surface area (TPSA) is 57.8 Å². The van der Waals surface area contributed by atoms with Gasteiger partial charge in [0.2, 0.25) is 0 Å². The lowest BCUT2D eigenvalue weighted by molar-refractivity contribution is 0.0953. The Hall–Kier alpha value is -1.67. The summed E-state index contributed by atoms with van der Waals surface area (Å²) in [5.41, 5.74) is 2.73. The van der Waals surface area contributed by atoms with E-state index in [4.69, 9.17) is 0 Å². The Kier molecular flexibility index (Phi) is 4.89. The molecule has 0 atom stereocenters. The molecule has 1 amide bonds. The second-order valence-corrected chi connectivity index (χ2v) is 6.80. The number of aromatic amines is 1. The third kappa shape index (κ3) is 3.38. The summed E-state index contributed by atoms with van der Waals surface area (Å²) >= 11 is 3.84.